The molecule has 1 aliphatic heterocycles. The first-order valence-electron chi connectivity index (χ1n) is 9.90. The van der Waals surface area contributed by atoms with Gasteiger partial charge < -0.3 is 19.9 Å². The van der Waals surface area contributed by atoms with Gasteiger partial charge in [0.25, 0.3) is 17.5 Å². The number of benzene rings is 2. The number of alkyl halides is 2. The van der Waals surface area contributed by atoms with Gasteiger partial charge >= 0.3 is 6.61 Å². The van der Waals surface area contributed by atoms with Gasteiger partial charge in [0, 0.05) is 43.9 Å². The van der Waals surface area contributed by atoms with E-state index < -0.39 is 23.3 Å². The summed E-state index contributed by atoms with van der Waals surface area (Å²) in [6, 6.07) is 10.8. The largest absolute Gasteiger partial charge is 0.434 e. The Morgan fingerprint density at radius 3 is 2.36 bits per heavy atom. The lowest BCUT2D eigenvalue weighted by Crippen LogP contribution is -2.52. The van der Waals surface area contributed by atoms with Gasteiger partial charge in [-0.15, -0.1) is 0 Å². The number of hydrogen-bond donors (Lipinski definition) is 1. The smallest absolute Gasteiger partial charge is 0.387 e. The molecule has 1 aliphatic rings. The Morgan fingerprint density at radius 2 is 1.70 bits per heavy atom. The van der Waals surface area contributed by atoms with Crippen LogP contribution in [0.5, 0.6) is 5.75 Å². The van der Waals surface area contributed by atoms with Crippen LogP contribution in [0.15, 0.2) is 48.5 Å². The molecular formula is C21H20F2N4O6. The number of ether oxygens (including phenoxy) is 1. The maximum absolute atomic E-state index is 12.7. The molecule has 0 bridgehead atoms. The number of halogens is 2. The summed E-state index contributed by atoms with van der Waals surface area (Å²) in [6.45, 7) is -2.66. The number of nitrogens with one attached hydrogen (secondary N) is 1. The number of rotatable bonds is 7. The van der Waals surface area contributed by atoms with Gasteiger partial charge in [-0.2, -0.15) is 8.78 Å². The first-order chi connectivity index (χ1) is 15.8. The lowest BCUT2D eigenvalue weighted by molar-refractivity contribution is -0.384. The fraction of sp³-hybridized carbons (Fsp3) is 0.286. The molecule has 3 rings (SSSR count). The van der Waals surface area contributed by atoms with Gasteiger partial charge in [-0.25, -0.2) is 0 Å². The average molecular weight is 462 g/mol. The van der Waals surface area contributed by atoms with E-state index in [1.807, 2.05) is 0 Å². The highest BCUT2D eigenvalue weighted by atomic mass is 19.3. The topological polar surface area (TPSA) is 122 Å². The first kappa shape index (κ1) is 23.6. The molecule has 0 spiro atoms. The molecule has 0 radical (unpaired) electrons. The first-order valence-corrected chi connectivity index (χ1v) is 9.90. The van der Waals surface area contributed by atoms with E-state index in [9.17, 15) is 33.3 Å². The van der Waals surface area contributed by atoms with Crippen molar-refractivity contribution in [2.75, 3.05) is 32.7 Å². The number of nitro benzene ring substituents is 1. The average Bonchev–Trinajstić information content (AvgIpc) is 2.82. The predicted molar refractivity (Wildman–Crippen MR) is 111 cm³/mol. The molecule has 0 atom stereocenters. The Balaban J connectivity index is 1.52. The van der Waals surface area contributed by atoms with Crippen LogP contribution < -0.4 is 10.1 Å². The summed E-state index contributed by atoms with van der Waals surface area (Å²) in [7, 11) is 0. The van der Waals surface area contributed by atoms with Crippen LogP contribution in [0.25, 0.3) is 0 Å². The number of nitro groups is 1. The number of para-hydroxylation sites is 1. The number of piperazine rings is 1. The molecular weight excluding hydrogens is 442 g/mol. The molecule has 2 aromatic rings. The van der Waals surface area contributed by atoms with Crippen molar-refractivity contribution in [3.63, 3.8) is 0 Å². The van der Waals surface area contributed by atoms with Gasteiger partial charge in [-0.3, -0.25) is 24.5 Å². The number of hydrogen-bond acceptors (Lipinski definition) is 6. The van der Waals surface area contributed by atoms with Crippen LogP contribution in [0.3, 0.4) is 0 Å². The molecule has 3 amide bonds. The molecule has 1 fully saturated rings. The van der Waals surface area contributed by atoms with Gasteiger partial charge in [-0.1, -0.05) is 18.2 Å². The van der Waals surface area contributed by atoms with E-state index in [2.05, 4.69) is 10.1 Å². The summed E-state index contributed by atoms with van der Waals surface area (Å²) in [5.74, 6) is -1.73. The molecule has 0 aliphatic carbocycles. The summed E-state index contributed by atoms with van der Waals surface area (Å²) >= 11 is 0. The van der Waals surface area contributed by atoms with E-state index in [0.29, 0.717) is 0 Å². The Kier molecular flexibility index (Phi) is 7.49. The van der Waals surface area contributed by atoms with Crippen LogP contribution in [0.4, 0.5) is 14.5 Å². The van der Waals surface area contributed by atoms with Crippen LogP contribution in [0, 0.1) is 10.1 Å². The molecule has 0 saturated carbocycles. The van der Waals surface area contributed by atoms with E-state index in [0.717, 1.165) is 6.07 Å². The normalized spacial score (nSPS) is 13.5. The number of amides is 3. The van der Waals surface area contributed by atoms with Gasteiger partial charge in [0.05, 0.1) is 17.0 Å². The van der Waals surface area contributed by atoms with Gasteiger partial charge in [0.15, 0.2) is 0 Å². The van der Waals surface area contributed by atoms with Crippen molar-refractivity contribution < 1.29 is 32.8 Å². The standard InChI is InChI=1S/C21H20F2N4O6/c22-21(23)33-17-7-2-1-6-16(17)20(30)26-10-8-25(9-11-26)18(28)13-24-19(29)14-4-3-5-15(12-14)27(31)32/h1-7,12,21H,8-11,13H2,(H,24,29). The summed E-state index contributed by atoms with van der Waals surface area (Å²) in [5, 5.41) is 13.3. The fourth-order valence-electron chi connectivity index (χ4n) is 3.30. The molecule has 2 aromatic carbocycles. The number of carbonyl (C=O) groups excluding carboxylic acids is 3. The van der Waals surface area contributed by atoms with Gasteiger partial charge in [-0.05, 0) is 18.2 Å². The van der Waals surface area contributed by atoms with E-state index in [1.54, 1.807) is 0 Å². The minimum Gasteiger partial charge on any atom is -0.434 e. The summed E-state index contributed by atoms with van der Waals surface area (Å²) < 4.78 is 29.6. The van der Waals surface area contributed by atoms with Crippen molar-refractivity contribution in [2.45, 2.75) is 6.61 Å². The van der Waals surface area contributed by atoms with Crippen molar-refractivity contribution in [1.29, 1.82) is 0 Å². The molecule has 12 heteroatoms. The Morgan fingerprint density at radius 1 is 1.03 bits per heavy atom. The fourth-order valence-corrected chi connectivity index (χ4v) is 3.30. The van der Waals surface area contributed by atoms with Crippen LogP contribution >= 0.6 is 0 Å². The minimum absolute atomic E-state index is 0.00166. The monoisotopic (exact) mass is 462 g/mol. The quantitative estimate of drug-likeness (QED) is 0.496. The second kappa shape index (κ2) is 10.5. The number of non-ortho nitro benzene ring substituents is 1. The second-order valence-corrected chi connectivity index (χ2v) is 7.04. The molecule has 1 N–H and O–H groups in total. The second-order valence-electron chi connectivity index (χ2n) is 7.04. The van der Waals surface area contributed by atoms with E-state index in [1.165, 1.54) is 52.3 Å². The predicted octanol–water partition coefficient (Wildman–Crippen LogP) is 1.91. The van der Waals surface area contributed by atoms with E-state index in [4.69, 9.17) is 0 Å². The highest BCUT2D eigenvalue weighted by molar-refractivity contribution is 5.98. The van der Waals surface area contributed by atoms with Crippen molar-refractivity contribution in [2.24, 2.45) is 0 Å². The molecule has 0 unspecified atom stereocenters. The maximum atomic E-state index is 12.7. The number of carbonyl (C=O) groups is 3. The Labute approximate surface area is 186 Å². The lowest BCUT2D eigenvalue weighted by atomic mass is 10.1. The van der Waals surface area contributed by atoms with Crippen LogP contribution in [0.1, 0.15) is 20.7 Å². The third-order valence-electron chi connectivity index (χ3n) is 4.97. The van der Waals surface area contributed by atoms with Crippen molar-refractivity contribution in [3.05, 3.63) is 69.8 Å². The summed E-state index contributed by atoms with van der Waals surface area (Å²) in [4.78, 5) is 50.4. The minimum atomic E-state index is -3.06. The highest BCUT2D eigenvalue weighted by Crippen LogP contribution is 2.22. The highest BCUT2D eigenvalue weighted by Gasteiger charge is 2.27. The SMILES string of the molecule is O=C(NCC(=O)N1CCN(C(=O)c2ccccc2OC(F)F)CC1)c1cccc([N+](=O)[O-])c1. The summed E-state index contributed by atoms with van der Waals surface area (Å²) in [6.07, 6.45) is 0. The maximum Gasteiger partial charge on any atom is 0.387 e. The third-order valence-corrected chi connectivity index (χ3v) is 4.97. The van der Waals surface area contributed by atoms with E-state index in [-0.39, 0.29) is 61.2 Å². The van der Waals surface area contributed by atoms with Crippen LogP contribution in [0.2, 0.25) is 0 Å². The van der Waals surface area contributed by atoms with Gasteiger partial charge in [0.1, 0.15) is 5.75 Å². The van der Waals surface area contributed by atoms with Crippen LogP contribution in [-0.4, -0.2) is 71.8 Å². The Bertz CT molecular complexity index is 1060. The van der Waals surface area contributed by atoms with Crippen molar-refractivity contribution in [1.82, 2.24) is 15.1 Å². The summed E-state index contributed by atoms with van der Waals surface area (Å²) in [5.41, 5.74) is -0.186. The molecule has 1 saturated heterocycles. The van der Waals surface area contributed by atoms with Gasteiger partial charge in [0.2, 0.25) is 5.91 Å². The molecule has 1 heterocycles. The lowest BCUT2D eigenvalue weighted by Gasteiger charge is -2.35. The zero-order chi connectivity index (χ0) is 24.0. The van der Waals surface area contributed by atoms with Crippen LogP contribution in [-0.2, 0) is 4.79 Å². The molecule has 174 valence electrons. The molecule has 10 nitrogen and oxygen atoms in total. The van der Waals surface area contributed by atoms with Crippen molar-refractivity contribution in [3.8, 4) is 5.75 Å². The zero-order valence-corrected chi connectivity index (χ0v) is 17.3. The Hall–Kier alpha value is -4.09. The van der Waals surface area contributed by atoms with Crippen molar-refractivity contribution >= 4 is 23.4 Å². The zero-order valence-electron chi connectivity index (χ0n) is 17.3. The number of nitrogens with zero attached hydrogens (tertiary/aromatic N) is 3. The molecule has 0 aromatic heterocycles. The third kappa shape index (κ3) is 5.99. The van der Waals surface area contributed by atoms with E-state index >= 15 is 0 Å². The molecule has 33 heavy (non-hydrogen) atoms.